The number of rotatable bonds is 8. The highest BCUT2D eigenvalue weighted by atomic mass is 15.1. The van der Waals surface area contributed by atoms with Crippen molar-refractivity contribution in [2.75, 3.05) is 0 Å². The Hall–Kier alpha value is -2.43. The third-order valence-corrected chi connectivity index (χ3v) is 4.15. The van der Waals surface area contributed by atoms with Gasteiger partial charge in [-0.25, -0.2) is 9.97 Å². The van der Waals surface area contributed by atoms with Gasteiger partial charge in [-0.05, 0) is 31.7 Å². The van der Waals surface area contributed by atoms with Gasteiger partial charge in [-0.2, -0.15) is 0 Å². The predicted molar refractivity (Wildman–Crippen MR) is 95.7 cm³/mol. The van der Waals surface area contributed by atoms with Crippen LogP contribution in [0.2, 0.25) is 0 Å². The molecule has 3 rings (SSSR count). The normalized spacial score (nSPS) is 11.1. The molecular formula is C19H25N5. The molecule has 0 bridgehead atoms. The summed E-state index contributed by atoms with van der Waals surface area (Å²) in [6, 6.07) is 2.11. The highest BCUT2D eigenvalue weighted by Gasteiger charge is 2.05. The van der Waals surface area contributed by atoms with E-state index in [4.69, 9.17) is 0 Å². The minimum absolute atomic E-state index is 1.02. The molecule has 0 N–H and O–H groups in total. The summed E-state index contributed by atoms with van der Waals surface area (Å²) in [5, 5.41) is 0. The summed E-state index contributed by atoms with van der Waals surface area (Å²) in [6.45, 7) is 4.40. The second kappa shape index (κ2) is 7.90. The number of hydrogen-bond acceptors (Lipinski definition) is 3. The van der Waals surface area contributed by atoms with Crippen LogP contribution in [0.4, 0.5) is 0 Å². The molecule has 0 aliphatic heterocycles. The molecule has 0 aliphatic carbocycles. The van der Waals surface area contributed by atoms with Gasteiger partial charge < -0.3 is 9.13 Å². The number of unbranched alkanes of at least 4 members (excludes halogenated alkanes) is 2. The van der Waals surface area contributed by atoms with E-state index in [9.17, 15) is 0 Å². The topological polar surface area (TPSA) is 48.5 Å². The van der Waals surface area contributed by atoms with Gasteiger partial charge >= 0.3 is 0 Å². The van der Waals surface area contributed by atoms with E-state index in [0.717, 1.165) is 35.6 Å². The molecule has 126 valence electrons. The molecule has 3 aromatic rings. The fourth-order valence-corrected chi connectivity index (χ4v) is 2.68. The van der Waals surface area contributed by atoms with E-state index in [1.807, 2.05) is 34.2 Å². The molecule has 0 radical (unpaired) electrons. The van der Waals surface area contributed by atoms with Gasteiger partial charge in [0.25, 0.3) is 0 Å². The van der Waals surface area contributed by atoms with Crippen LogP contribution in [0.5, 0.6) is 0 Å². The zero-order valence-electron chi connectivity index (χ0n) is 14.5. The minimum Gasteiger partial charge on any atom is -0.304 e. The lowest BCUT2D eigenvalue weighted by atomic mass is 10.2. The average Bonchev–Trinajstić information content (AvgIpc) is 3.28. The number of imidazole rings is 2. The molecule has 5 heteroatoms. The number of pyridine rings is 1. The summed E-state index contributed by atoms with van der Waals surface area (Å²) in [4.78, 5) is 13.4. The average molecular weight is 323 g/mol. The quantitative estimate of drug-likeness (QED) is 0.626. The standard InChI is InChI=1S/C19H25N5/c1-3-5-7-16-12-23(14-21-16)18-9-19(11-20-10-18)24-13-17(22-15-24)8-6-4-2/h9-15H,3-8H2,1-2H3. The largest absolute Gasteiger partial charge is 0.304 e. The number of aryl methyl sites for hydroxylation is 2. The lowest BCUT2D eigenvalue weighted by Gasteiger charge is -2.05. The molecule has 0 amide bonds. The number of hydrogen-bond donors (Lipinski definition) is 0. The third-order valence-electron chi connectivity index (χ3n) is 4.15. The fraction of sp³-hybridized carbons (Fsp3) is 0.421. The van der Waals surface area contributed by atoms with Gasteiger partial charge in [-0.3, -0.25) is 4.98 Å². The summed E-state index contributed by atoms with van der Waals surface area (Å²) < 4.78 is 4.08. The molecule has 0 spiro atoms. The zero-order valence-corrected chi connectivity index (χ0v) is 14.5. The highest BCUT2D eigenvalue weighted by molar-refractivity contribution is 5.40. The maximum atomic E-state index is 4.49. The van der Waals surface area contributed by atoms with Crippen LogP contribution in [0, 0.1) is 0 Å². The Morgan fingerprint density at radius 3 is 1.75 bits per heavy atom. The predicted octanol–water partition coefficient (Wildman–Crippen LogP) is 4.14. The first-order chi connectivity index (χ1) is 11.8. The van der Waals surface area contributed by atoms with Gasteiger partial charge in [-0.1, -0.05) is 26.7 Å². The Kier molecular flexibility index (Phi) is 5.41. The highest BCUT2D eigenvalue weighted by Crippen LogP contribution is 2.15. The van der Waals surface area contributed by atoms with Crippen LogP contribution in [-0.2, 0) is 12.8 Å². The third kappa shape index (κ3) is 3.91. The van der Waals surface area contributed by atoms with Crippen molar-refractivity contribution in [3.63, 3.8) is 0 Å². The summed E-state index contributed by atoms with van der Waals surface area (Å²) in [7, 11) is 0. The Morgan fingerprint density at radius 1 is 0.792 bits per heavy atom. The first kappa shape index (κ1) is 16.4. The molecule has 0 saturated carbocycles. The molecule has 0 aliphatic rings. The SMILES string of the molecule is CCCCc1cn(-c2cncc(-n3cnc(CCCC)c3)c2)cn1. The van der Waals surface area contributed by atoms with E-state index in [2.05, 4.69) is 47.3 Å². The number of nitrogens with zero attached hydrogens (tertiary/aromatic N) is 5. The van der Waals surface area contributed by atoms with Crippen LogP contribution >= 0.6 is 0 Å². The summed E-state index contributed by atoms with van der Waals surface area (Å²) in [5.74, 6) is 0. The molecule has 0 unspecified atom stereocenters. The van der Waals surface area contributed by atoms with E-state index < -0.39 is 0 Å². The van der Waals surface area contributed by atoms with E-state index >= 15 is 0 Å². The van der Waals surface area contributed by atoms with Crippen LogP contribution in [-0.4, -0.2) is 24.1 Å². The Labute approximate surface area is 143 Å². The molecular weight excluding hydrogens is 298 g/mol. The lowest BCUT2D eigenvalue weighted by molar-refractivity contribution is 0.780. The van der Waals surface area contributed by atoms with E-state index in [1.54, 1.807) is 0 Å². The Morgan fingerprint density at radius 2 is 1.29 bits per heavy atom. The molecule has 0 fully saturated rings. The smallest absolute Gasteiger partial charge is 0.0995 e. The lowest BCUT2D eigenvalue weighted by Crippen LogP contribution is -1.96. The molecule has 0 atom stereocenters. The van der Waals surface area contributed by atoms with Gasteiger partial charge in [0.2, 0.25) is 0 Å². The van der Waals surface area contributed by atoms with Crippen LogP contribution in [0.25, 0.3) is 11.4 Å². The van der Waals surface area contributed by atoms with Crippen molar-refractivity contribution in [2.45, 2.75) is 52.4 Å². The first-order valence-electron chi connectivity index (χ1n) is 8.81. The second-order valence-electron chi connectivity index (χ2n) is 6.15. The first-order valence-corrected chi connectivity index (χ1v) is 8.81. The van der Waals surface area contributed by atoms with Crippen molar-refractivity contribution in [1.82, 2.24) is 24.1 Å². The van der Waals surface area contributed by atoms with Gasteiger partial charge in [0, 0.05) is 12.4 Å². The number of aromatic nitrogens is 5. The van der Waals surface area contributed by atoms with Crippen molar-refractivity contribution in [3.05, 3.63) is 54.9 Å². The van der Waals surface area contributed by atoms with Crippen molar-refractivity contribution in [1.29, 1.82) is 0 Å². The summed E-state index contributed by atoms with van der Waals surface area (Å²) in [5.41, 5.74) is 4.30. The molecule has 5 nitrogen and oxygen atoms in total. The maximum Gasteiger partial charge on any atom is 0.0995 e. The molecule has 24 heavy (non-hydrogen) atoms. The summed E-state index contributed by atoms with van der Waals surface area (Å²) in [6.07, 6.45) is 18.4. The van der Waals surface area contributed by atoms with Crippen LogP contribution in [0.15, 0.2) is 43.5 Å². The Bertz CT molecular complexity index is 710. The van der Waals surface area contributed by atoms with Crippen molar-refractivity contribution < 1.29 is 0 Å². The van der Waals surface area contributed by atoms with E-state index in [-0.39, 0.29) is 0 Å². The zero-order chi connectivity index (χ0) is 16.8. The summed E-state index contributed by atoms with van der Waals surface area (Å²) >= 11 is 0. The minimum atomic E-state index is 1.02. The van der Waals surface area contributed by atoms with Crippen molar-refractivity contribution in [3.8, 4) is 11.4 Å². The van der Waals surface area contributed by atoms with Crippen LogP contribution in [0.3, 0.4) is 0 Å². The molecule has 3 heterocycles. The fourth-order valence-electron chi connectivity index (χ4n) is 2.68. The molecule has 0 saturated heterocycles. The Balaban J connectivity index is 1.78. The van der Waals surface area contributed by atoms with Crippen LogP contribution in [0.1, 0.15) is 50.9 Å². The van der Waals surface area contributed by atoms with Gasteiger partial charge in [0.1, 0.15) is 0 Å². The molecule has 0 aromatic carbocycles. The van der Waals surface area contributed by atoms with E-state index in [0.29, 0.717) is 0 Å². The van der Waals surface area contributed by atoms with Gasteiger partial charge in [0.05, 0.1) is 47.8 Å². The van der Waals surface area contributed by atoms with Crippen molar-refractivity contribution in [2.24, 2.45) is 0 Å². The monoisotopic (exact) mass is 323 g/mol. The van der Waals surface area contributed by atoms with Crippen molar-refractivity contribution >= 4 is 0 Å². The van der Waals surface area contributed by atoms with Gasteiger partial charge in [0.15, 0.2) is 0 Å². The van der Waals surface area contributed by atoms with E-state index in [1.165, 1.54) is 25.7 Å². The van der Waals surface area contributed by atoms with Gasteiger partial charge in [-0.15, -0.1) is 0 Å². The second-order valence-corrected chi connectivity index (χ2v) is 6.15. The maximum absolute atomic E-state index is 4.49. The molecule has 3 aromatic heterocycles. The van der Waals surface area contributed by atoms with Crippen LogP contribution < -0.4 is 0 Å².